The fourth-order valence-electron chi connectivity index (χ4n) is 5.78. The van der Waals surface area contributed by atoms with Crippen LogP contribution >= 0.6 is 11.6 Å². The standard InChI is InChI=1S/C31H30ClF4N/c32-28-11-4-10-27(31(34,35)36)30(28)26-9-3-7-23-6-1-2-8-25(23)29(26)24-14-12-21(13-15-24)18-22-19-37(20-22)17-5-16-33/h1-2,4,6,8,10-15,22H,3,5,7,9,16-20H2. The summed E-state index contributed by atoms with van der Waals surface area (Å²) in [4.78, 5) is 2.28. The third-order valence-corrected chi connectivity index (χ3v) is 7.80. The van der Waals surface area contributed by atoms with Gasteiger partial charge in [-0.15, -0.1) is 0 Å². The second kappa shape index (κ2) is 11.0. The molecule has 1 heterocycles. The number of benzene rings is 3. The van der Waals surface area contributed by atoms with Crippen LogP contribution in [0.15, 0.2) is 66.7 Å². The predicted molar refractivity (Wildman–Crippen MR) is 142 cm³/mol. The maximum Gasteiger partial charge on any atom is 0.417 e. The Balaban J connectivity index is 1.54. The first-order valence-electron chi connectivity index (χ1n) is 12.9. The zero-order valence-corrected chi connectivity index (χ0v) is 21.4. The number of fused-ring (bicyclic) bond motifs is 1. The van der Waals surface area contributed by atoms with Gasteiger partial charge in [-0.1, -0.05) is 66.2 Å². The number of alkyl halides is 4. The minimum Gasteiger partial charge on any atom is -0.303 e. The molecule has 0 bridgehead atoms. The summed E-state index contributed by atoms with van der Waals surface area (Å²) in [6.45, 7) is 2.50. The fraction of sp³-hybridized carbons (Fsp3) is 0.355. The first-order valence-corrected chi connectivity index (χ1v) is 13.3. The molecule has 194 valence electrons. The lowest BCUT2D eigenvalue weighted by Gasteiger charge is -2.39. The van der Waals surface area contributed by atoms with Crippen LogP contribution in [0.5, 0.6) is 0 Å². The summed E-state index contributed by atoms with van der Waals surface area (Å²) < 4.78 is 54.8. The Kier molecular flexibility index (Phi) is 7.73. The van der Waals surface area contributed by atoms with Gasteiger partial charge in [0.1, 0.15) is 0 Å². The molecule has 0 atom stereocenters. The average Bonchev–Trinajstić information content (AvgIpc) is 3.04. The van der Waals surface area contributed by atoms with Crippen molar-refractivity contribution in [1.29, 1.82) is 0 Å². The Morgan fingerprint density at radius 1 is 0.892 bits per heavy atom. The smallest absolute Gasteiger partial charge is 0.303 e. The number of hydrogen-bond donors (Lipinski definition) is 0. The number of allylic oxidation sites excluding steroid dienone is 1. The van der Waals surface area contributed by atoms with E-state index in [0.29, 0.717) is 24.3 Å². The van der Waals surface area contributed by atoms with Gasteiger partial charge in [0.15, 0.2) is 0 Å². The topological polar surface area (TPSA) is 3.24 Å². The van der Waals surface area contributed by atoms with Gasteiger partial charge in [-0.05, 0) is 83.6 Å². The molecule has 0 saturated carbocycles. The summed E-state index contributed by atoms with van der Waals surface area (Å²) in [6.07, 6.45) is -0.922. The summed E-state index contributed by atoms with van der Waals surface area (Å²) in [7, 11) is 0. The number of hydrogen-bond acceptors (Lipinski definition) is 1. The largest absolute Gasteiger partial charge is 0.417 e. The maximum absolute atomic E-state index is 14.1. The van der Waals surface area contributed by atoms with E-state index in [1.807, 2.05) is 30.3 Å². The molecule has 1 nitrogen and oxygen atoms in total. The second-order valence-electron chi connectivity index (χ2n) is 10.1. The Morgan fingerprint density at radius 2 is 1.65 bits per heavy atom. The first-order chi connectivity index (χ1) is 17.8. The first kappa shape index (κ1) is 26.0. The molecule has 0 radical (unpaired) electrons. The van der Waals surface area contributed by atoms with E-state index in [1.54, 1.807) is 6.07 Å². The van der Waals surface area contributed by atoms with Gasteiger partial charge in [0, 0.05) is 30.2 Å². The molecule has 0 amide bonds. The number of nitrogens with zero attached hydrogens (tertiary/aromatic N) is 1. The van der Waals surface area contributed by atoms with Crippen molar-refractivity contribution in [3.05, 3.63) is 105 Å². The van der Waals surface area contributed by atoms with E-state index in [-0.39, 0.29) is 17.3 Å². The predicted octanol–water partition coefficient (Wildman–Crippen LogP) is 8.49. The lowest BCUT2D eigenvalue weighted by molar-refractivity contribution is -0.137. The van der Waals surface area contributed by atoms with Gasteiger partial charge >= 0.3 is 6.18 Å². The van der Waals surface area contributed by atoms with Crippen molar-refractivity contribution in [2.75, 3.05) is 26.3 Å². The fourth-order valence-corrected chi connectivity index (χ4v) is 6.07. The van der Waals surface area contributed by atoms with Gasteiger partial charge in [0.25, 0.3) is 0 Å². The molecular formula is C31H30ClF4N. The van der Waals surface area contributed by atoms with E-state index < -0.39 is 11.7 Å². The van der Waals surface area contributed by atoms with E-state index in [9.17, 15) is 17.6 Å². The van der Waals surface area contributed by atoms with Crippen LogP contribution in [0.1, 0.15) is 52.6 Å². The molecule has 0 unspecified atom stereocenters. The zero-order chi connectivity index (χ0) is 26.0. The van der Waals surface area contributed by atoms with Crippen molar-refractivity contribution in [3.63, 3.8) is 0 Å². The quantitative estimate of drug-likeness (QED) is 0.278. The summed E-state index contributed by atoms with van der Waals surface area (Å²) >= 11 is 6.49. The minimum atomic E-state index is -4.51. The second-order valence-corrected chi connectivity index (χ2v) is 10.5. The van der Waals surface area contributed by atoms with Crippen molar-refractivity contribution >= 4 is 22.7 Å². The molecule has 37 heavy (non-hydrogen) atoms. The van der Waals surface area contributed by atoms with Crippen LogP contribution in [-0.2, 0) is 19.0 Å². The molecule has 5 rings (SSSR count). The van der Waals surface area contributed by atoms with Crippen LogP contribution in [-0.4, -0.2) is 31.2 Å². The third kappa shape index (κ3) is 5.63. The van der Waals surface area contributed by atoms with Crippen LogP contribution in [0.3, 0.4) is 0 Å². The van der Waals surface area contributed by atoms with E-state index in [4.69, 9.17) is 11.6 Å². The molecule has 0 spiro atoms. The molecule has 0 aromatic heterocycles. The normalized spacial score (nSPS) is 16.9. The Hall–Kier alpha value is -2.63. The molecular weight excluding hydrogens is 498 g/mol. The molecule has 0 N–H and O–H groups in total. The minimum absolute atomic E-state index is 0.0929. The molecule has 1 fully saturated rings. The Labute approximate surface area is 220 Å². The summed E-state index contributed by atoms with van der Waals surface area (Å²) in [5.41, 5.74) is 5.10. The number of aryl methyl sites for hydroxylation is 1. The SMILES string of the molecule is FCCCN1CC(Cc2ccc(C3=C(c4c(Cl)cccc4C(F)(F)F)CCCc4ccccc43)cc2)C1. The summed E-state index contributed by atoms with van der Waals surface area (Å²) in [5.74, 6) is 0.552. The average molecular weight is 528 g/mol. The van der Waals surface area contributed by atoms with Crippen LogP contribution in [0.25, 0.3) is 11.1 Å². The number of likely N-dealkylation sites (tertiary alicyclic amines) is 1. The van der Waals surface area contributed by atoms with Gasteiger partial charge in [-0.2, -0.15) is 13.2 Å². The monoisotopic (exact) mass is 527 g/mol. The van der Waals surface area contributed by atoms with Crippen molar-refractivity contribution < 1.29 is 17.6 Å². The highest BCUT2D eigenvalue weighted by Crippen LogP contribution is 2.46. The Morgan fingerprint density at radius 3 is 2.38 bits per heavy atom. The van der Waals surface area contributed by atoms with E-state index in [1.165, 1.54) is 11.6 Å². The van der Waals surface area contributed by atoms with Crippen molar-refractivity contribution in [1.82, 2.24) is 4.90 Å². The molecule has 6 heteroatoms. The van der Waals surface area contributed by atoms with Gasteiger partial charge in [0.05, 0.1) is 12.2 Å². The zero-order valence-electron chi connectivity index (χ0n) is 20.6. The Bertz CT molecular complexity index is 1270. The maximum atomic E-state index is 14.1. The van der Waals surface area contributed by atoms with Crippen LogP contribution < -0.4 is 0 Å². The van der Waals surface area contributed by atoms with Crippen molar-refractivity contribution in [2.45, 2.75) is 38.3 Å². The van der Waals surface area contributed by atoms with E-state index >= 15 is 0 Å². The van der Waals surface area contributed by atoms with Gasteiger partial charge < -0.3 is 4.90 Å². The van der Waals surface area contributed by atoms with E-state index in [2.05, 4.69) is 23.1 Å². The lowest BCUT2D eigenvalue weighted by Crippen LogP contribution is -2.47. The third-order valence-electron chi connectivity index (χ3n) is 7.49. The van der Waals surface area contributed by atoms with Gasteiger partial charge in [-0.3, -0.25) is 4.39 Å². The molecule has 3 aromatic rings. The van der Waals surface area contributed by atoms with Gasteiger partial charge in [-0.25, -0.2) is 0 Å². The molecule has 1 aliphatic heterocycles. The van der Waals surface area contributed by atoms with Crippen molar-refractivity contribution in [3.8, 4) is 0 Å². The van der Waals surface area contributed by atoms with Crippen LogP contribution in [0, 0.1) is 5.92 Å². The molecule has 3 aromatic carbocycles. The van der Waals surface area contributed by atoms with Crippen LogP contribution in [0.2, 0.25) is 5.02 Å². The number of halogens is 5. The highest BCUT2D eigenvalue weighted by Gasteiger charge is 2.36. The molecule has 1 aliphatic carbocycles. The van der Waals surface area contributed by atoms with Crippen LogP contribution in [0.4, 0.5) is 17.6 Å². The summed E-state index contributed by atoms with van der Waals surface area (Å²) in [6, 6.07) is 20.3. The highest BCUT2D eigenvalue weighted by molar-refractivity contribution is 6.33. The van der Waals surface area contributed by atoms with E-state index in [0.717, 1.165) is 67.2 Å². The van der Waals surface area contributed by atoms with Gasteiger partial charge in [0.2, 0.25) is 0 Å². The van der Waals surface area contributed by atoms with Crippen molar-refractivity contribution in [2.24, 2.45) is 5.92 Å². The summed E-state index contributed by atoms with van der Waals surface area (Å²) in [5, 5.41) is 0.126. The highest BCUT2D eigenvalue weighted by atomic mass is 35.5. The molecule has 2 aliphatic rings. The number of rotatable bonds is 7. The molecule has 1 saturated heterocycles. The lowest BCUT2D eigenvalue weighted by atomic mass is 9.85.